The van der Waals surface area contributed by atoms with Crippen molar-refractivity contribution in [3.63, 3.8) is 0 Å². The molecule has 0 saturated heterocycles. The Kier molecular flexibility index (Phi) is 4.32. The zero-order chi connectivity index (χ0) is 17.4. The van der Waals surface area contributed by atoms with Crippen molar-refractivity contribution in [3.05, 3.63) is 34.8 Å². The van der Waals surface area contributed by atoms with Crippen molar-refractivity contribution in [1.29, 1.82) is 0 Å². The molecular weight excluding hydrogens is 324 g/mol. The third-order valence-electron chi connectivity index (χ3n) is 3.90. The zero-order valence-electron chi connectivity index (χ0n) is 14.2. The molecule has 3 rings (SSSR count). The standard InChI is InChI=1S/C18H20N2O3S/c1-5-11-9-12-15(19-14(11)13-7-6-8-24-13)17(23-10(2)3)16(18(21)22)20(12)4/h6-10H,5H2,1-4H3,(H,21,22). The minimum atomic E-state index is -1.01. The Morgan fingerprint density at radius 1 is 1.46 bits per heavy atom. The summed E-state index contributed by atoms with van der Waals surface area (Å²) in [6.07, 6.45) is 0.691. The lowest BCUT2D eigenvalue weighted by Gasteiger charge is -2.10. The number of rotatable bonds is 5. The van der Waals surface area contributed by atoms with E-state index in [2.05, 4.69) is 6.92 Å². The van der Waals surface area contributed by atoms with E-state index in [1.807, 2.05) is 37.4 Å². The van der Waals surface area contributed by atoms with Crippen LogP contribution in [0.1, 0.15) is 36.8 Å². The van der Waals surface area contributed by atoms with E-state index in [9.17, 15) is 9.90 Å². The Labute approximate surface area is 144 Å². The predicted molar refractivity (Wildman–Crippen MR) is 96.1 cm³/mol. The Balaban J connectivity index is 2.36. The highest BCUT2D eigenvalue weighted by Gasteiger charge is 2.25. The van der Waals surface area contributed by atoms with E-state index in [-0.39, 0.29) is 11.8 Å². The quantitative estimate of drug-likeness (QED) is 0.747. The molecule has 0 unspecified atom stereocenters. The fourth-order valence-electron chi connectivity index (χ4n) is 2.83. The molecule has 1 N–H and O–H groups in total. The maximum atomic E-state index is 11.7. The number of carboxylic acids is 1. The SMILES string of the molecule is CCc1cc2c(nc1-c1cccs1)c(OC(C)C)c(C(=O)O)n2C. The number of pyridine rings is 1. The van der Waals surface area contributed by atoms with Gasteiger partial charge in [-0.15, -0.1) is 11.3 Å². The van der Waals surface area contributed by atoms with Crippen LogP contribution in [-0.2, 0) is 13.5 Å². The lowest BCUT2D eigenvalue weighted by atomic mass is 10.1. The van der Waals surface area contributed by atoms with Gasteiger partial charge in [0.1, 0.15) is 5.52 Å². The summed E-state index contributed by atoms with van der Waals surface area (Å²) in [5.74, 6) is -0.669. The molecule has 0 spiro atoms. The van der Waals surface area contributed by atoms with Crippen LogP contribution in [0.25, 0.3) is 21.6 Å². The number of fused-ring (bicyclic) bond motifs is 1. The molecule has 0 fully saturated rings. The number of nitrogens with zero attached hydrogens (tertiary/aromatic N) is 2. The van der Waals surface area contributed by atoms with Gasteiger partial charge in [-0.3, -0.25) is 0 Å². The van der Waals surface area contributed by atoms with Crippen LogP contribution in [0.15, 0.2) is 23.6 Å². The Morgan fingerprint density at radius 3 is 2.75 bits per heavy atom. The van der Waals surface area contributed by atoms with Crippen LogP contribution in [0.4, 0.5) is 0 Å². The Bertz CT molecular complexity index is 895. The maximum absolute atomic E-state index is 11.7. The van der Waals surface area contributed by atoms with Crippen LogP contribution in [0.3, 0.4) is 0 Å². The van der Waals surface area contributed by atoms with Gasteiger partial charge in [-0.25, -0.2) is 9.78 Å². The molecule has 0 aliphatic carbocycles. The summed E-state index contributed by atoms with van der Waals surface area (Å²) in [6, 6.07) is 6.05. The van der Waals surface area contributed by atoms with Crippen LogP contribution in [0, 0.1) is 0 Å². The van der Waals surface area contributed by atoms with Crippen molar-refractivity contribution < 1.29 is 14.6 Å². The van der Waals surface area contributed by atoms with Crippen molar-refractivity contribution in [1.82, 2.24) is 9.55 Å². The molecular formula is C18H20N2O3S. The number of carboxylic acid groups (broad SMARTS) is 1. The maximum Gasteiger partial charge on any atom is 0.356 e. The van der Waals surface area contributed by atoms with Crippen molar-refractivity contribution in [2.45, 2.75) is 33.3 Å². The first-order chi connectivity index (χ1) is 11.4. The van der Waals surface area contributed by atoms with E-state index < -0.39 is 5.97 Å². The van der Waals surface area contributed by atoms with Gasteiger partial charge in [0.15, 0.2) is 11.4 Å². The fraction of sp³-hybridized carbons (Fsp3) is 0.333. The van der Waals surface area contributed by atoms with Crippen molar-refractivity contribution in [3.8, 4) is 16.3 Å². The number of thiophene rings is 1. The van der Waals surface area contributed by atoms with Crippen LogP contribution < -0.4 is 4.74 Å². The van der Waals surface area contributed by atoms with Crippen LogP contribution in [0.2, 0.25) is 0 Å². The van der Waals surface area contributed by atoms with E-state index in [0.29, 0.717) is 11.3 Å². The highest BCUT2D eigenvalue weighted by Crippen LogP contribution is 2.36. The van der Waals surface area contributed by atoms with Gasteiger partial charge < -0.3 is 14.4 Å². The average molecular weight is 344 g/mol. The van der Waals surface area contributed by atoms with Gasteiger partial charge in [0.25, 0.3) is 0 Å². The largest absolute Gasteiger partial charge is 0.486 e. The van der Waals surface area contributed by atoms with Gasteiger partial charge in [0, 0.05) is 7.05 Å². The van der Waals surface area contributed by atoms with Gasteiger partial charge in [0.2, 0.25) is 0 Å². The molecule has 0 aromatic carbocycles. The molecule has 0 aliphatic rings. The number of ether oxygens (including phenoxy) is 1. The van der Waals surface area contributed by atoms with Gasteiger partial charge in [-0.2, -0.15) is 0 Å². The van der Waals surface area contributed by atoms with Gasteiger partial charge in [-0.05, 0) is 43.3 Å². The zero-order valence-corrected chi connectivity index (χ0v) is 15.0. The van der Waals surface area contributed by atoms with Crippen LogP contribution in [-0.4, -0.2) is 26.7 Å². The molecule has 0 atom stereocenters. The van der Waals surface area contributed by atoms with Gasteiger partial charge in [-0.1, -0.05) is 13.0 Å². The van der Waals surface area contributed by atoms with E-state index in [4.69, 9.17) is 9.72 Å². The molecule has 24 heavy (non-hydrogen) atoms. The first-order valence-electron chi connectivity index (χ1n) is 7.90. The van der Waals surface area contributed by atoms with E-state index in [1.54, 1.807) is 23.0 Å². The third-order valence-corrected chi connectivity index (χ3v) is 4.78. The second kappa shape index (κ2) is 6.28. The summed E-state index contributed by atoms with van der Waals surface area (Å²) in [7, 11) is 1.74. The Morgan fingerprint density at radius 2 is 2.21 bits per heavy atom. The van der Waals surface area contributed by atoms with E-state index >= 15 is 0 Å². The predicted octanol–water partition coefficient (Wildman–Crippen LogP) is 4.35. The average Bonchev–Trinajstić information content (AvgIpc) is 3.13. The molecule has 0 aliphatic heterocycles. The highest BCUT2D eigenvalue weighted by atomic mass is 32.1. The molecule has 0 bridgehead atoms. The van der Waals surface area contributed by atoms with Crippen LogP contribution in [0.5, 0.6) is 5.75 Å². The smallest absolute Gasteiger partial charge is 0.356 e. The topological polar surface area (TPSA) is 64.3 Å². The first kappa shape index (κ1) is 16.5. The minimum absolute atomic E-state index is 0.133. The molecule has 5 nitrogen and oxygen atoms in total. The molecule has 0 radical (unpaired) electrons. The summed E-state index contributed by atoms with van der Waals surface area (Å²) in [5, 5.41) is 11.6. The minimum Gasteiger partial charge on any atom is -0.486 e. The number of carbonyl (C=O) groups is 1. The summed E-state index contributed by atoms with van der Waals surface area (Å²) < 4.78 is 7.48. The summed E-state index contributed by atoms with van der Waals surface area (Å²) in [5.41, 5.74) is 3.51. The number of aromatic nitrogens is 2. The summed E-state index contributed by atoms with van der Waals surface area (Å²) in [4.78, 5) is 17.6. The number of hydrogen-bond acceptors (Lipinski definition) is 4. The van der Waals surface area contributed by atoms with E-state index in [0.717, 1.165) is 28.1 Å². The first-order valence-corrected chi connectivity index (χ1v) is 8.78. The van der Waals surface area contributed by atoms with Crippen LogP contribution >= 0.6 is 11.3 Å². The van der Waals surface area contributed by atoms with Crippen molar-refractivity contribution in [2.75, 3.05) is 0 Å². The molecule has 3 heterocycles. The van der Waals surface area contributed by atoms with Gasteiger partial charge >= 0.3 is 5.97 Å². The summed E-state index contributed by atoms with van der Waals surface area (Å²) >= 11 is 1.62. The molecule has 0 amide bonds. The van der Waals surface area contributed by atoms with Crippen molar-refractivity contribution >= 4 is 28.3 Å². The van der Waals surface area contributed by atoms with E-state index in [1.165, 1.54) is 0 Å². The number of aryl methyl sites for hydroxylation is 2. The monoisotopic (exact) mass is 344 g/mol. The number of hydrogen-bond donors (Lipinski definition) is 1. The fourth-order valence-corrected chi connectivity index (χ4v) is 3.58. The number of aromatic carboxylic acids is 1. The summed E-state index contributed by atoms with van der Waals surface area (Å²) in [6.45, 7) is 5.84. The Hall–Kier alpha value is -2.34. The van der Waals surface area contributed by atoms with Gasteiger partial charge in [0.05, 0.1) is 22.2 Å². The second-order valence-electron chi connectivity index (χ2n) is 5.90. The lowest BCUT2D eigenvalue weighted by Crippen LogP contribution is -2.11. The molecule has 3 aromatic heterocycles. The molecule has 126 valence electrons. The lowest BCUT2D eigenvalue weighted by molar-refractivity contribution is 0.0680. The second-order valence-corrected chi connectivity index (χ2v) is 6.85. The molecule has 3 aromatic rings. The third kappa shape index (κ3) is 2.67. The highest BCUT2D eigenvalue weighted by molar-refractivity contribution is 7.13. The normalized spacial score (nSPS) is 11.4. The molecule has 6 heteroatoms. The van der Waals surface area contributed by atoms with Crippen molar-refractivity contribution in [2.24, 2.45) is 7.05 Å². The molecule has 0 saturated carbocycles.